The fraction of sp³-hybridized carbons (Fsp3) is 0.522. The SMILES string of the molecule is CO[C@H](C(=O)N1C(=O)OC[C@@H]1c1ccccc1)C1OC(O)(CCCCCCO)C(Br)=CC1=O. The lowest BCUT2D eigenvalue weighted by Gasteiger charge is -2.38. The molecule has 1 fully saturated rings. The molecule has 0 saturated carbocycles. The van der Waals surface area contributed by atoms with Gasteiger partial charge in [-0.3, -0.25) is 9.59 Å². The van der Waals surface area contributed by atoms with Crippen molar-refractivity contribution >= 4 is 33.7 Å². The first kappa shape index (κ1) is 25.5. The number of aliphatic hydroxyl groups is 2. The molecule has 2 aliphatic heterocycles. The molecule has 2 heterocycles. The lowest BCUT2D eigenvalue weighted by molar-refractivity contribution is -0.227. The fourth-order valence-corrected chi connectivity index (χ4v) is 4.46. The van der Waals surface area contributed by atoms with Gasteiger partial charge in [0, 0.05) is 20.1 Å². The van der Waals surface area contributed by atoms with Gasteiger partial charge in [0.15, 0.2) is 23.8 Å². The molecule has 2 amide bonds. The maximum Gasteiger partial charge on any atom is 0.417 e. The van der Waals surface area contributed by atoms with Gasteiger partial charge in [-0.15, -0.1) is 0 Å². The number of imide groups is 1. The van der Waals surface area contributed by atoms with Crippen LogP contribution in [0.25, 0.3) is 0 Å². The first-order valence-corrected chi connectivity index (χ1v) is 11.6. The number of ketones is 1. The van der Waals surface area contributed by atoms with Gasteiger partial charge in [-0.1, -0.05) is 43.2 Å². The lowest BCUT2D eigenvalue weighted by atomic mass is 9.98. The summed E-state index contributed by atoms with van der Waals surface area (Å²) in [4.78, 5) is 39.4. The van der Waals surface area contributed by atoms with E-state index in [0.29, 0.717) is 18.4 Å². The number of hydrogen-bond acceptors (Lipinski definition) is 8. The molecule has 180 valence electrons. The van der Waals surface area contributed by atoms with Crippen LogP contribution < -0.4 is 0 Å². The zero-order valence-corrected chi connectivity index (χ0v) is 19.9. The van der Waals surface area contributed by atoms with Crippen LogP contribution in [0.5, 0.6) is 0 Å². The van der Waals surface area contributed by atoms with Gasteiger partial charge in [-0.05, 0) is 40.4 Å². The quantitative estimate of drug-likeness (QED) is 0.447. The van der Waals surface area contributed by atoms with Crippen LogP contribution in [0.15, 0.2) is 40.9 Å². The van der Waals surface area contributed by atoms with Crippen molar-refractivity contribution in [2.75, 3.05) is 20.3 Å². The van der Waals surface area contributed by atoms with E-state index < -0.39 is 41.8 Å². The van der Waals surface area contributed by atoms with E-state index in [9.17, 15) is 19.5 Å². The molecule has 0 radical (unpaired) electrons. The van der Waals surface area contributed by atoms with E-state index in [1.165, 1.54) is 13.2 Å². The molecule has 3 rings (SSSR count). The number of methoxy groups -OCH3 is 1. The highest BCUT2D eigenvalue weighted by molar-refractivity contribution is 9.11. The molecule has 1 aromatic carbocycles. The van der Waals surface area contributed by atoms with Crippen LogP contribution in [0, 0.1) is 0 Å². The van der Waals surface area contributed by atoms with Gasteiger partial charge in [0.1, 0.15) is 12.6 Å². The molecular weight excluding hydrogens is 498 g/mol. The van der Waals surface area contributed by atoms with Crippen molar-refractivity contribution in [3.63, 3.8) is 0 Å². The number of rotatable bonds is 10. The first-order chi connectivity index (χ1) is 15.8. The Kier molecular flexibility index (Phi) is 8.77. The predicted octanol–water partition coefficient (Wildman–Crippen LogP) is 2.60. The van der Waals surface area contributed by atoms with E-state index in [0.717, 1.165) is 17.7 Å². The Hall–Kier alpha value is -2.11. The number of nitrogens with zero attached hydrogens (tertiary/aromatic N) is 1. The molecule has 0 bridgehead atoms. The molecule has 1 saturated heterocycles. The van der Waals surface area contributed by atoms with Gasteiger partial charge in [-0.2, -0.15) is 0 Å². The largest absolute Gasteiger partial charge is 0.446 e. The Labute approximate surface area is 200 Å². The van der Waals surface area contributed by atoms with Crippen molar-refractivity contribution in [1.82, 2.24) is 4.90 Å². The third-order valence-electron chi connectivity index (χ3n) is 5.74. The molecule has 0 spiro atoms. The summed E-state index contributed by atoms with van der Waals surface area (Å²) in [5, 5.41) is 19.9. The number of aliphatic hydroxyl groups excluding tert-OH is 1. The van der Waals surface area contributed by atoms with Gasteiger partial charge in [0.05, 0.1) is 4.48 Å². The Bertz CT molecular complexity index is 892. The van der Waals surface area contributed by atoms with Crippen LogP contribution >= 0.6 is 15.9 Å². The van der Waals surface area contributed by atoms with E-state index >= 15 is 0 Å². The molecular formula is C23H28BrNO8. The second kappa shape index (κ2) is 11.3. The molecule has 0 aromatic heterocycles. The second-order valence-electron chi connectivity index (χ2n) is 7.97. The number of hydrogen-bond donors (Lipinski definition) is 2. The molecule has 4 atom stereocenters. The number of halogens is 1. The highest BCUT2D eigenvalue weighted by atomic mass is 79.9. The summed E-state index contributed by atoms with van der Waals surface area (Å²) in [7, 11) is 1.24. The summed E-state index contributed by atoms with van der Waals surface area (Å²) in [6.07, 6.45) is 0.356. The highest BCUT2D eigenvalue weighted by Gasteiger charge is 2.50. The minimum Gasteiger partial charge on any atom is -0.446 e. The number of carbonyl (C=O) groups is 3. The first-order valence-electron chi connectivity index (χ1n) is 10.8. The van der Waals surface area contributed by atoms with Gasteiger partial charge < -0.3 is 24.4 Å². The highest BCUT2D eigenvalue weighted by Crippen LogP contribution is 2.37. The van der Waals surface area contributed by atoms with Gasteiger partial charge in [0.2, 0.25) is 0 Å². The minimum absolute atomic E-state index is 0.0201. The average molecular weight is 526 g/mol. The van der Waals surface area contributed by atoms with Crippen LogP contribution in [0.4, 0.5) is 4.79 Å². The van der Waals surface area contributed by atoms with Crippen molar-refractivity contribution < 1.29 is 38.8 Å². The summed E-state index contributed by atoms with van der Waals surface area (Å²) >= 11 is 3.20. The minimum atomic E-state index is -1.82. The maximum absolute atomic E-state index is 13.4. The molecule has 2 unspecified atom stereocenters. The third kappa shape index (κ3) is 5.70. The topological polar surface area (TPSA) is 123 Å². The molecule has 2 N–H and O–H groups in total. The number of unbranched alkanes of at least 4 members (excludes halogenated alkanes) is 3. The molecule has 0 aliphatic carbocycles. The molecule has 9 nitrogen and oxygen atoms in total. The fourth-order valence-electron chi connectivity index (χ4n) is 3.94. The summed E-state index contributed by atoms with van der Waals surface area (Å²) in [6.45, 7) is 0.0786. The summed E-state index contributed by atoms with van der Waals surface area (Å²) < 4.78 is 16.3. The normalized spacial score (nSPS) is 26.2. The van der Waals surface area contributed by atoms with Crippen molar-refractivity contribution in [2.45, 2.75) is 56.1 Å². The van der Waals surface area contributed by atoms with Crippen LogP contribution in [0.1, 0.15) is 43.7 Å². The number of cyclic esters (lactones) is 1. The van der Waals surface area contributed by atoms with Gasteiger partial charge in [-0.25, -0.2) is 9.69 Å². The monoisotopic (exact) mass is 525 g/mol. The number of carbonyl (C=O) groups excluding carboxylic acids is 3. The number of amides is 2. The molecule has 1 aromatic rings. The number of ether oxygens (including phenoxy) is 3. The standard InChI is InChI=1S/C23H28BrNO8/c1-31-20(21(28)25-16(14-32-22(25)29)15-9-5-4-6-10-15)19-17(27)13-18(24)23(30,33-19)11-7-2-3-8-12-26/h4-6,9-10,13,16,19-20,26,30H,2-3,7-8,11-12,14H2,1H3/t16-,19?,20+,23?/m1/s1. The van der Waals surface area contributed by atoms with E-state index in [2.05, 4.69) is 15.9 Å². The summed E-state index contributed by atoms with van der Waals surface area (Å²) in [5.41, 5.74) is 0.699. The molecule has 2 aliphatic rings. The Morgan fingerprint density at radius 2 is 1.94 bits per heavy atom. The number of benzene rings is 1. The third-order valence-corrected chi connectivity index (χ3v) is 6.58. The van der Waals surface area contributed by atoms with Crippen molar-refractivity contribution in [1.29, 1.82) is 0 Å². The van der Waals surface area contributed by atoms with Crippen LogP contribution in [-0.2, 0) is 23.8 Å². The Morgan fingerprint density at radius 3 is 2.61 bits per heavy atom. The van der Waals surface area contributed by atoms with E-state index in [4.69, 9.17) is 19.3 Å². The van der Waals surface area contributed by atoms with Crippen LogP contribution in [0.2, 0.25) is 0 Å². The summed E-state index contributed by atoms with van der Waals surface area (Å²) in [5.74, 6) is -3.18. The van der Waals surface area contributed by atoms with Crippen molar-refractivity contribution in [3.05, 3.63) is 46.5 Å². The predicted molar refractivity (Wildman–Crippen MR) is 120 cm³/mol. The van der Waals surface area contributed by atoms with Gasteiger partial charge >= 0.3 is 6.09 Å². The van der Waals surface area contributed by atoms with Crippen molar-refractivity contribution in [2.24, 2.45) is 0 Å². The van der Waals surface area contributed by atoms with Crippen LogP contribution in [0.3, 0.4) is 0 Å². The maximum atomic E-state index is 13.4. The van der Waals surface area contributed by atoms with Crippen molar-refractivity contribution in [3.8, 4) is 0 Å². The Balaban J connectivity index is 1.78. The smallest absolute Gasteiger partial charge is 0.417 e. The van der Waals surface area contributed by atoms with Crippen LogP contribution in [-0.4, -0.2) is 71.2 Å². The molecule has 10 heteroatoms. The lowest BCUT2D eigenvalue weighted by Crippen LogP contribution is -2.55. The average Bonchev–Trinajstić information content (AvgIpc) is 3.19. The molecule has 33 heavy (non-hydrogen) atoms. The van der Waals surface area contributed by atoms with Gasteiger partial charge in [0.25, 0.3) is 5.91 Å². The zero-order valence-electron chi connectivity index (χ0n) is 18.3. The van der Waals surface area contributed by atoms with E-state index in [1.807, 2.05) is 6.07 Å². The van der Waals surface area contributed by atoms with E-state index in [-0.39, 0.29) is 24.1 Å². The second-order valence-corrected chi connectivity index (χ2v) is 8.83. The summed E-state index contributed by atoms with van der Waals surface area (Å²) in [6, 6.07) is 8.25. The zero-order chi connectivity index (χ0) is 24.0. The Morgan fingerprint density at radius 1 is 1.24 bits per heavy atom. The van der Waals surface area contributed by atoms with E-state index in [1.54, 1.807) is 24.3 Å².